The molecule has 3 aromatic rings. The first kappa shape index (κ1) is 25.3. The Morgan fingerprint density at radius 2 is 1.59 bits per heavy atom. The first-order chi connectivity index (χ1) is 16.3. The lowest BCUT2D eigenvalue weighted by Gasteiger charge is -2.32. The van der Waals surface area contributed by atoms with Crippen LogP contribution in [0.2, 0.25) is 5.02 Å². The fraction of sp³-hybridized carbons (Fsp3) is 0.286. The molecule has 0 fully saturated rings. The van der Waals surface area contributed by atoms with E-state index in [4.69, 9.17) is 16.3 Å². The van der Waals surface area contributed by atoms with Crippen LogP contribution in [0.5, 0.6) is 5.75 Å². The molecule has 1 atom stereocenters. The number of amides is 2. The Morgan fingerprint density at radius 1 is 0.941 bits per heavy atom. The first-order valence-electron chi connectivity index (χ1n) is 11.4. The number of carbonyl (C=O) groups is 2. The highest BCUT2D eigenvalue weighted by Crippen LogP contribution is 2.24. The van der Waals surface area contributed by atoms with Crippen LogP contribution in [0.4, 0.5) is 0 Å². The first-order valence-corrected chi connectivity index (χ1v) is 11.8. The van der Waals surface area contributed by atoms with Gasteiger partial charge >= 0.3 is 0 Å². The predicted octanol–water partition coefficient (Wildman–Crippen LogP) is 5.19. The van der Waals surface area contributed by atoms with Crippen molar-refractivity contribution in [3.63, 3.8) is 0 Å². The van der Waals surface area contributed by atoms with Gasteiger partial charge in [-0.15, -0.1) is 0 Å². The lowest BCUT2D eigenvalue weighted by molar-refractivity contribution is -0.143. The summed E-state index contributed by atoms with van der Waals surface area (Å²) in [7, 11) is 0. The van der Waals surface area contributed by atoms with Crippen molar-refractivity contribution in [2.75, 3.05) is 6.61 Å². The van der Waals surface area contributed by atoms with Crippen LogP contribution in [0.25, 0.3) is 0 Å². The van der Waals surface area contributed by atoms with Crippen LogP contribution in [-0.2, 0) is 22.6 Å². The van der Waals surface area contributed by atoms with E-state index in [0.29, 0.717) is 23.7 Å². The van der Waals surface area contributed by atoms with Gasteiger partial charge in [0.25, 0.3) is 5.91 Å². The van der Waals surface area contributed by atoms with Gasteiger partial charge in [-0.1, -0.05) is 78.3 Å². The van der Waals surface area contributed by atoms with Crippen molar-refractivity contribution in [1.29, 1.82) is 0 Å². The summed E-state index contributed by atoms with van der Waals surface area (Å²) in [6.07, 6.45) is 0.392. The van der Waals surface area contributed by atoms with E-state index in [-0.39, 0.29) is 24.5 Å². The molecular weight excluding hydrogens is 448 g/mol. The molecule has 0 heterocycles. The fourth-order valence-corrected chi connectivity index (χ4v) is 3.88. The average molecular weight is 479 g/mol. The zero-order valence-electron chi connectivity index (χ0n) is 19.8. The molecule has 0 aliphatic heterocycles. The van der Waals surface area contributed by atoms with E-state index >= 15 is 0 Å². The van der Waals surface area contributed by atoms with Crippen LogP contribution in [0.15, 0.2) is 78.9 Å². The summed E-state index contributed by atoms with van der Waals surface area (Å²) in [5.74, 6) is -0.0545. The van der Waals surface area contributed by atoms with Gasteiger partial charge in [0, 0.05) is 19.0 Å². The van der Waals surface area contributed by atoms with Gasteiger partial charge in [-0.3, -0.25) is 9.59 Å². The molecule has 6 heteroatoms. The normalized spacial score (nSPS) is 11.7. The Bertz CT molecular complexity index is 1100. The molecule has 0 saturated carbocycles. The third kappa shape index (κ3) is 7.09. The van der Waals surface area contributed by atoms with Crippen molar-refractivity contribution in [3.05, 3.63) is 101 Å². The second kappa shape index (κ2) is 12.2. The van der Waals surface area contributed by atoms with Crippen molar-refractivity contribution >= 4 is 23.4 Å². The maximum absolute atomic E-state index is 13.5. The minimum atomic E-state index is -0.702. The minimum absolute atomic E-state index is 0.0550. The van der Waals surface area contributed by atoms with Crippen LogP contribution in [0, 0.1) is 6.92 Å². The molecule has 3 rings (SSSR count). The number of hydrogen-bond donors (Lipinski definition) is 1. The molecular formula is C28H31ClN2O3. The van der Waals surface area contributed by atoms with E-state index in [1.165, 1.54) is 0 Å². The Morgan fingerprint density at radius 3 is 2.26 bits per heavy atom. The Kier molecular flexibility index (Phi) is 9.11. The van der Waals surface area contributed by atoms with Crippen LogP contribution in [0.3, 0.4) is 0 Å². The summed E-state index contributed by atoms with van der Waals surface area (Å²) in [6.45, 7) is 5.88. The van der Waals surface area contributed by atoms with Crippen molar-refractivity contribution in [2.24, 2.45) is 0 Å². The van der Waals surface area contributed by atoms with Gasteiger partial charge in [0.15, 0.2) is 6.61 Å². The molecule has 0 aliphatic carbocycles. The fourth-order valence-electron chi connectivity index (χ4n) is 3.69. The highest BCUT2D eigenvalue weighted by Gasteiger charge is 2.31. The number of ether oxygens (including phenoxy) is 1. The summed E-state index contributed by atoms with van der Waals surface area (Å²) in [6, 6.07) is 23.9. The summed E-state index contributed by atoms with van der Waals surface area (Å²) in [5.41, 5.74) is 3.00. The summed E-state index contributed by atoms with van der Waals surface area (Å²) in [5, 5.41) is 3.42. The van der Waals surface area contributed by atoms with Crippen LogP contribution < -0.4 is 10.1 Å². The second-order valence-corrected chi connectivity index (χ2v) is 8.94. The van der Waals surface area contributed by atoms with E-state index in [2.05, 4.69) is 5.32 Å². The van der Waals surface area contributed by atoms with Gasteiger partial charge < -0.3 is 15.0 Å². The topological polar surface area (TPSA) is 58.6 Å². The lowest BCUT2D eigenvalue weighted by atomic mass is 10.0. The number of rotatable bonds is 10. The van der Waals surface area contributed by atoms with Gasteiger partial charge in [0.2, 0.25) is 5.91 Å². The summed E-state index contributed by atoms with van der Waals surface area (Å²) >= 11 is 6.20. The van der Waals surface area contributed by atoms with Crippen molar-refractivity contribution in [1.82, 2.24) is 10.2 Å². The number of hydrogen-bond acceptors (Lipinski definition) is 3. The average Bonchev–Trinajstić information content (AvgIpc) is 2.82. The highest BCUT2D eigenvalue weighted by molar-refractivity contribution is 6.32. The predicted molar refractivity (Wildman–Crippen MR) is 136 cm³/mol. The molecule has 1 N–H and O–H groups in total. The zero-order chi connectivity index (χ0) is 24.5. The number of nitrogens with one attached hydrogen (secondary N) is 1. The number of carbonyl (C=O) groups excluding carboxylic acids is 2. The van der Waals surface area contributed by atoms with Crippen molar-refractivity contribution in [3.8, 4) is 5.75 Å². The number of halogens is 1. The van der Waals surface area contributed by atoms with E-state index in [9.17, 15) is 9.59 Å². The SMILES string of the molecule is Cc1ccccc1CN(C(=O)COc1ccccc1Cl)[C@@H](Cc1ccccc1)C(=O)NC(C)C. The highest BCUT2D eigenvalue weighted by atomic mass is 35.5. The molecule has 0 aromatic heterocycles. The molecule has 0 radical (unpaired) electrons. The van der Waals surface area contributed by atoms with Gasteiger partial charge in [-0.25, -0.2) is 0 Å². The van der Waals surface area contributed by atoms with Crippen LogP contribution in [0.1, 0.15) is 30.5 Å². The lowest BCUT2D eigenvalue weighted by Crippen LogP contribution is -2.52. The number of benzene rings is 3. The van der Waals surface area contributed by atoms with Gasteiger partial charge in [0.1, 0.15) is 11.8 Å². The van der Waals surface area contributed by atoms with Gasteiger partial charge in [-0.2, -0.15) is 0 Å². The van der Waals surface area contributed by atoms with Crippen molar-refractivity contribution in [2.45, 2.75) is 45.8 Å². The second-order valence-electron chi connectivity index (χ2n) is 8.54. The third-order valence-corrected chi connectivity index (χ3v) is 5.80. The monoisotopic (exact) mass is 478 g/mol. The Balaban J connectivity index is 1.93. The molecule has 0 aliphatic rings. The quantitative estimate of drug-likeness (QED) is 0.436. The smallest absolute Gasteiger partial charge is 0.261 e. The summed E-state index contributed by atoms with van der Waals surface area (Å²) in [4.78, 5) is 28.5. The van der Waals surface area contributed by atoms with Crippen LogP contribution >= 0.6 is 11.6 Å². The maximum atomic E-state index is 13.5. The molecule has 0 spiro atoms. The van der Waals surface area contributed by atoms with Gasteiger partial charge in [0.05, 0.1) is 5.02 Å². The molecule has 0 unspecified atom stereocenters. The molecule has 0 saturated heterocycles. The molecule has 178 valence electrons. The molecule has 0 bridgehead atoms. The molecule has 3 aromatic carbocycles. The molecule has 5 nitrogen and oxygen atoms in total. The van der Waals surface area contributed by atoms with Gasteiger partial charge in [-0.05, 0) is 49.6 Å². The third-order valence-electron chi connectivity index (χ3n) is 5.49. The Labute approximate surface area is 206 Å². The largest absolute Gasteiger partial charge is 0.482 e. The summed E-state index contributed by atoms with van der Waals surface area (Å²) < 4.78 is 5.75. The molecule has 34 heavy (non-hydrogen) atoms. The number of nitrogens with zero attached hydrogens (tertiary/aromatic N) is 1. The Hall–Kier alpha value is -3.31. The van der Waals surface area contributed by atoms with E-state index in [1.54, 1.807) is 29.2 Å². The van der Waals surface area contributed by atoms with E-state index < -0.39 is 6.04 Å². The standard InChI is InChI=1S/C28H31ClN2O3/c1-20(2)30-28(33)25(17-22-12-5-4-6-13-22)31(18-23-14-8-7-11-21(23)3)27(32)19-34-26-16-10-9-15-24(26)29/h4-16,20,25H,17-19H2,1-3H3,(H,30,33)/t25-/m0/s1. The zero-order valence-corrected chi connectivity index (χ0v) is 20.6. The van der Waals surface area contributed by atoms with Crippen molar-refractivity contribution < 1.29 is 14.3 Å². The number of para-hydroxylation sites is 1. The van der Waals surface area contributed by atoms with Crippen LogP contribution in [-0.4, -0.2) is 35.4 Å². The van der Waals surface area contributed by atoms with E-state index in [0.717, 1.165) is 16.7 Å². The molecule has 2 amide bonds. The number of aryl methyl sites for hydroxylation is 1. The van der Waals surface area contributed by atoms with E-state index in [1.807, 2.05) is 75.4 Å². The maximum Gasteiger partial charge on any atom is 0.261 e. The minimum Gasteiger partial charge on any atom is -0.482 e.